The Hall–Kier alpha value is -1.78. The van der Waals surface area contributed by atoms with E-state index in [0.717, 1.165) is 27.8 Å². The third-order valence-electron chi connectivity index (χ3n) is 2.31. The van der Waals surface area contributed by atoms with Crippen molar-refractivity contribution in [3.8, 4) is 17.9 Å². The van der Waals surface area contributed by atoms with Gasteiger partial charge in [0.1, 0.15) is 23.5 Å². The van der Waals surface area contributed by atoms with E-state index in [1.807, 2.05) is 24.3 Å². The summed E-state index contributed by atoms with van der Waals surface area (Å²) in [5.74, 6) is 0.868. The Bertz CT molecular complexity index is 533. The van der Waals surface area contributed by atoms with Crippen molar-refractivity contribution in [2.75, 3.05) is 6.61 Å². The fourth-order valence-corrected chi connectivity index (χ4v) is 2.26. The van der Waals surface area contributed by atoms with Gasteiger partial charge in [0, 0.05) is 6.42 Å². The monoisotopic (exact) mass is 274 g/mol. The lowest BCUT2D eigenvalue weighted by atomic mass is 10.1. The maximum Gasteiger partial charge on any atom is 0.136 e. The molecule has 0 saturated heterocycles. The standard InChI is InChI=1S/C12H7BrN2O/c13-11-5-8(3-9(6-14)7-15)4-10-1-2-16-12(10)11/h3-5H,1-2H2. The van der Waals surface area contributed by atoms with Gasteiger partial charge in [-0.3, -0.25) is 0 Å². The number of benzene rings is 1. The van der Waals surface area contributed by atoms with Crippen LogP contribution in [0, 0.1) is 22.7 Å². The molecule has 2 rings (SSSR count). The Balaban J connectivity index is 2.47. The molecule has 0 radical (unpaired) electrons. The summed E-state index contributed by atoms with van der Waals surface area (Å²) in [5, 5.41) is 17.3. The van der Waals surface area contributed by atoms with E-state index < -0.39 is 0 Å². The van der Waals surface area contributed by atoms with Crippen LogP contribution in [0.4, 0.5) is 0 Å². The number of rotatable bonds is 1. The highest BCUT2D eigenvalue weighted by atomic mass is 79.9. The summed E-state index contributed by atoms with van der Waals surface area (Å²) < 4.78 is 6.31. The SMILES string of the molecule is N#CC(C#N)=Cc1cc(Br)c2c(c1)CCO2. The Morgan fingerprint density at radius 1 is 1.38 bits per heavy atom. The number of hydrogen-bond donors (Lipinski definition) is 0. The van der Waals surface area contributed by atoms with Gasteiger partial charge in [0.05, 0.1) is 11.1 Å². The lowest BCUT2D eigenvalue weighted by molar-refractivity contribution is 0.355. The highest BCUT2D eigenvalue weighted by Gasteiger charge is 2.15. The first-order valence-electron chi connectivity index (χ1n) is 4.71. The largest absolute Gasteiger partial charge is 0.492 e. The lowest BCUT2D eigenvalue weighted by Crippen LogP contribution is -1.86. The van der Waals surface area contributed by atoms with Crippen LogP contribution in [-0.4, -0.2) is 6.61 Å². The molecular formula is C12H7BrN2O. The maximum atomic E-state index is 8.67. The van der Waals surface area contributed by atoms with Gasteiger partial charge in [0.2, 0.25) is 0 Å². The van der Waals surface area contributed by atoms with E-state index in [1.165, 1.54) is 0 Å². The van der Waals surface area contributed by atoms with Crippen molar-refractivity contribution in [1.82, 2.24) is 0 Å². The molecule has 0 spiro atoms. The van der Waals surface area contributed by atoms with Crippen molar-refractivity contribution < 1.29 is 4.74 Å². The van der Waals surface area contributed by atoms with Crippen LogP contribution < -0.4 is 4.74 Å². The van der Waals surface area contributed by atoms with E-state index in [2.05, 4.69) is 15.9 Å². The molecule has 1 aliphatic rings. The van der Waals surface area contributed by atoms with E-state index in [-0.39, 0.29) is 5.57 Å². The summed E-state index contributed by atoms with van der Waals surface area (Å²) >= 11 is 3.41. The highest BCUT2D eigenvalue weighted by molar-refractivity contribution is 9.10. The first kappa shape index (κ1) is 10.7. The number of fused-ring (bicyclic) bond motifs is 1. The van der Waals surface area contributed by atoms with Crippen LogP contribution in [0.1, 0.15) is 11.1 Å². The van der Waals surface area contributed by atoms with Gasteiger partial charge in [0.25, 0.3) is 0 Å². The van der Waals surface area contributed by atoms with Crippen LogP contribution in [0.5, 0.6) is 5.75 Å². The number of nitrogens with zero attached hydrogens (tertiary/aromatic N) is 2. The van der Waals surface area contributed by atoms with E-state index >= 15 is 0 Å². The minimum atomic E-state index is 0.103. The zero-order valence-electron chi connectivity index (χ0n) is 8.33. The first-order chi connectivity index (χ1) is 7.74. The van der Waals surface area contributed by atoms with E-state index in [4.69, 9.17) is 15.3 Å². The molecule has 1 aliphatic heterocycles. The smallest absolute Gasteiger partial charge is 0.136 e. The Morgan fingerprint density at radius 3 is 2.81 bits per heavy atom. The normalized spacial score (nSPS) is 11.9. The average Bonchev–Trinajstić information content (AvgIpc) is 2.74. The average molecular weight is 275 g/mol. The number of nitriles is 2. The molecule has 0 unspecified atom stereocenters. The second-order valence-electron chi connectivity index (χ2n) is 3.37. The molecule has 78 valence electrons. The third kappa shape index (κ3) is 1.93. The Kier molecular flexibility index (Phi) is 2.94. The quantitative estimate of drug-likeness (QED) is 0.740. The van der Waals surface area contributed by atoms with E-state index in [9.17, 15) is 0 Å². The predicted molar refractivity (Wildman–Crippen MR) is 62.5 cm³/mol. The van der Waals surface area contributed by atoms with Crippen LogP contribution >= 0.6 is 15.9 Å². The van der Waals surface area contributed by atoms with Gasteiger partial charge < -0.3 is 4.74 Å². The zero-order chi connectivity index (χ0) is 11.5. The molecule has 1 aromatic rings. The summed E-state index contributed by atoms with van der Waals surface area (Å²) in [4.78, 5) is 0. The van der Waals surface area contributed by atoms with Crippen molar-refractivity contribution in [1.29, 1.82) is 10.5 Å². The molecule has 16 heavy (non-hydrogen) atoms. The molecule has 0 aromatic heterocycles. The summed E-state index contributed by atoms with van der Waals surface area (Å²) in [6, 6.07) is 7.47. The highest BCUT2D eigenvalue weighted by Crippen LogP contribution is 2.35. The molecule has 3 nitrogen and oxygen atoms in total. The van der Waals surface area contributed by atoms with Crippen molar-refractivity contribution >= 4 is 22.0 Å². The molecule has 4 heteroatoms. The second-order valence-corrected chi connectivity index (χ2v) is 4.23. The number of ether oxygens (including phenoxy) is 1. The molecule has 0 bridgehead atoms. The number of hydrogen-bond acceptors (Lipinski definition) is 3. The molecule has 1 heterocycles. The third-order valence-corrected chi connectivity index (χ3v) is 2.90. The van der Waals surface area contributed by atoms with Gasteiger partial charge in [-0.2, -0.15) is 10.5 Å². The van der Waals surface area contributed by atoms with Crippen LogP contribution in [0.3, 0.4) is 0 Å². The molecule has 0 atom stereocenters. The van der Waals surface area contributed by atoms with Crippen molar-refractivity contribution in [3.05, 3.63) is 33.3 Å². The Morgan fingerprint density at radius 2 is 2.12 bits per heavy atom. The van der Waals surface area contributed by atoms with Crippen molar-refractivity contribution in [3.63, 3.8) is 0 Å². The summed E-state index contributed by atoms with van der Waals surface area (Å²) in [6.45, 7) is 0.685. The maximum absolute atomic E-state index is 8.67. The summed E-state index contributed by atoms with van der Waals surface area (Å²) in [6.07, 6.45) is 2.44. The fourth-order valence-electron chi connectivity index (χ4n) is 1.62. The topological polar surface area (TPSA) is 56.8 Å². The minimum absolute atomic E-state index is 0.103. The van der Waals surface area contributed by atoms with Gasteiger partial charge in [-0.1, -0.05) is 0 Å². The first-order valence-corrected chi connectivity index (χ1v) is 5.51. The minimum Gasteiger partial charge on any atom is -0.492 e. The van der Waals surface area contributed by atoms with Crippen molar-refractivity contribution in [2.24, 2.45) is 0 Å². The molecule has 0 N–H and O–H groups in total. The summed E-state index contributed by atoms with van der Waals surface area (Å²) in [5.41, 5.74) is 2.05. The van der Waals surface area contributed by atoms with Gasteiger partial charge in [-0.25, -0.2) is 0 Å². The molecule has 0 fully saturated rings. The molecular weight excluding hydrogens is 268 g/mol. The van der Waals surface area contributed by atoms with Gasteiger partial charge >= 0.3 is 0 Å². The van der Waals surface area contributed by atoms with Gasteiger partial charge in [-0.05, 0) is 45.3 Å². The molecule has 0 saturated carbocycles. The number of allylic oxidation sites excluding steroid dienone is 1. The van der Waals surface area contributed by atoms with Crippen LogP contribution in [-0.2, 0) is 6.42 Å². The predicted octanol–water partition coefficient (Wildman–Crippen LogP) is 2.81. The fraction of sp³-hybridized carbons (Fsp3) is 0.167. The van der Waals surface area contributed by atoms with Gasteiger partial charge in [0.15, 0.2) is 0 Å². The number of halogens is 1. The van der Waals surface area contributed by atoms with Crippen LogP contribution in [0.2, 0.25) is 0 Å². The lowest BCUT2D eigenvalue weighted by Gasteiger charge is -2.03. The van der Waals surface area contributed by atoms with E-state index in [0.29, 0.717) is 6.61 Å². The van der Waals surface area contributed by atoms with Crippen LogP contribution in [0.15, 0.2) is 22.2 Å². The second kappa shape index (κ2) is 4.38. The zero-order valence-corrected chi connectivity index (χ0v) is 9.91. The van der Waals surface area contributed by atoms with Gasteiger partial charge in [-0.15, -0.1) is 0 Å². The summed E-state index contributed by atoms with van der Waals surface area (Å²) in [7, 11) is 0. The molecule has 1 aromatic carbocycles. The van der Waals surface area contributed by atoms with Crippen molar-refractivity contribution in [2.45, 2.75) is 6.42 Å². The Labute approximate surface area is 102 Å². The molecule has 0 amide bonds. The molecule has 0 aliphatic carbocycles. The van der Waals surface area contributed by atoms with E-state index in [1.54, 1.807) is 6.08 Å². The van der Waals surface area contributed by atoms with Crippen LogP contribution in [0.25, 0.3) is 6.08 Å².